The second-order valence-corrected chi connectivity index (χ2v) is 8.24. The first-order chi connectivity index (χ1) is 14.4. The molecule has 0 saturated carbocycles. The zero-order valence-corrected chi connectivity index (χ0v) is 18.0. The van der Waals surface area contributed by atoms with Gasteiger partial charge in [0.2, 0.25) is 5.91 Å². The molecule has 0 unspecified atom stereocenters. The third-order valence-electron chi connectivity index (χ3n) is 5.61. The van der Waals surface area contributed by atoms with Crippen LogP contribution in [-0.2, 0) is 9.59 Å². The summed E-state index contributed by atoms with van der Waals surface area (Å²) in [6, 6.07) is 13.7. The second kappa shape index (κ2) is 8.48. The number of halogens is 1. The van der Waals surface area contributed by atoms with E-state index in [1.165, 1.54) is 5.01 Å². The number of rotatable bonds is 3. The van der Waals surface area contributed by atoms with Crippen LogP contribution in [0.1, 0.15) is 24.0 Å². The number of amides is 2. The van der Waals surface area contributed by atoms with E-state index in [2.05, 4.69) is 10.0 Å². The highest BCUT2D eigenvalue weighted by Crippen LogP contribution is 2.26. The lowest BCUT2D eigenvalue weighted by Crippen LogP contribution is -2.51. The van der Waals surface area contributed by atoms with Crippen LogP contribution in [0, 0.1) is 13.8 Å². The summed E-state index contributed by atoms with van der Waals surface area (Å²) in [5.41, 5.74) is 4.27. The minimum atomic E-state index is -0.0800. The van der Waals surface area contributed by atoms with Crippen LogP contribution in [0.15, 0.2) is 47.6 Å². The van der Waals surface area contributed by atoms with Crippen LogP contribution in [-0.4, -0.2) is 48.6 Å². The SMILES string of the molecule is Cc1ccc(C)c(N2N=C(C(=O)N3CCN(c4cccc(Cl)c4)CC3)CCC2=O)c1. The summed E-state index contributed by atoms with van der Waals surface area (Å²) in [5, 5.41) is 6.59. The lowest BCUT2D eigenvalue weighted by atomic mass is 10.1. The first kappa shape index (κ1) is 20.4. The van der Waals surface area contributed by atoms with E-state index in [4.69, 9.17) is 11.6 Å². The van der Waals surface area contributed by atoms with Gasteiger partial charge in [0.1, 0.15) is 5.71 Å². The Kier molecular flexibility index (Phi) is 5.77. The highest BCUT2D eigenvalue weighted by atomic mass is 35.5. The summed E-state index contributed by atoms with van der Waals surface area (Å²) < 4.78 is 0. The molecule has 0 spiro atoms. The Balaban J connectivity index is 1.48. The van der Waals surface area contributed by atoms with Crippen LogP contribution in [0.3, 0.4) is 0 Å². The molecule has 2 aliphatic heterocycles. The topological polar surface area (TPSA) is 56.2 Å². The van der Waals surface area contributed by atoms with E-state index in [0.717, 1.165) is 35.6 Å². The van der Waals surface area contributed by atoms with E-state index in [0.29, 0.717) is 36.7 Å². The number of hydrazone groups is 1. The van der Waals surface area contributed by atoms with Crippen molar-refractivity contribution in [1.29, 1.82) is 0 Å². The molecule has 0 aliphatic carbocycles. The zero-order valence-electron chi connectivity index (χ0n) is 17.3. The molecule has 2 amide bonds. The fraction of sp³-hybridized carbons (Fsp3) is 0.348. The van der Waals surface area contributed by atoms with E-state index in [1.807, 2.05) is 61.2 Å². The van der Waals surface area contributed by atoms with Crippen molar-refractivity contribution in [2.24, 2.45) is 5.10 Å². The summed E-state index contributed by atoms with van der Waals surface area (Å²) >= 11 is 6.10. The van der Waals surface area contributed by atoms with Gasteiger partial charge in [-0.2, -0.15) is 5.10 Å². The Morgan fingerprint density at radius 2 is 1.77 bits per heavy atom. The molecule has 2 aromatic carbocycles. The number of anilines is 2. The average molecular weight is 425 g/mol. The lowest BCUT2D eigenvalue weighted by Gasteiger charge is -2.37. The predicted octanol–water partition coefficient (Wildman–Crippen LogP) is 3.79. The van der Waals surface area contributed by atoms with Gasteiger partial charge in [-0.15, -0.1) is 0 Å². The molecule has 0 N–H and O–H groups in total. The Labute approximate surface area is 181 Å². The molecule has 1 fully saturated rings. The molecule has 2 aromatic rings. The maximum absolute atomic E-state index is 13.1. The van der Waals surface area contributed by atoms with Crippen LogP contribution in [0.4, 0.5) is 11.4 Å². The molecular weight excluding hydrogens is 400 g/mol. The maximum Gasteiger partial charge on any atom is 0.270 e. The molecule has 156 valence electrons. The highest BCUT2D eigenvalue weighted by molar-refractivity contribution is 6.40. The largest absolute Gasteiger partial charge is 0.368 e. The first-order valence-corrected chi connectivity index (χ1v) is 10.6. The van der Waals surface area contributed by atoms with Crippen molar-refractivity contribution in [3.63, 3.8) is 0 Å². The summed E-state index contributed by atoms with van der Waals surface area (Å²) in [6.45, 7) is 6.62. The molecule has 2 heterocycles. The Morgan fingerprint density at radius 3 is 2.50 bits per heavy atom. The van der Waals surface area contributed by atoms with Crippen LogP contribution in [0.2, 0.25) is 5.02 Å². The molecule has 0 radical (unpaired) electrons. The van der Waals surface area contributed by atoms with Crippen molar-refractivity contribution in [1.82, 2.24) is 4.90 Å². The minimum Gasteiger partial charge on any atom is -0.368 e. The van der Waals surface area contributed by atoms with Crippen LogP contribution < -0.4 is 9.91 Å². The van der Waals surface area contributed by atoms with Crippen molar-refractivity contribution in [2.45, 2.75) is 26.7 Å². The van der Waals surface area contributed by atoms with Crippen molar-refractivity contribution in [2.75, 3.05) is 36.1 Å². The van der Waals surface area contributed by atoms with Gasteiger partial charge in [-0.25, -0.2) is 5.01 Å². The standard InChI is InChI=1S/C23H25ClN4O2/c1-16-6-7-17(2)21(14-16)28-22(29)9-8-20(25-28)23(30)27-12-10-26(11-13-27)19-5-3-4-18(24)15-19/h3-7,14-15H,8-13H2,1-2H3. The van der Waals surface area contributed by atoms with Gasteiger partial charge in [0, 0.05) is 49.7 Å². The monoisotopic (exact) mass is 424 g/mol. The molecule has 7 heteroatoms. The van der Waals surface area contributed by atoms with Gasteiger partial charge in [0.15, 0.2) is 0 Å². The van der Waals surface area contributed by atoms with Gasteiger partial charge in [0.25, 0.3) is 5.91 Å². The number of piperazine rings is 1. The van der Waals surface area contributed by atoms with Crippen molar-refractivity contribution >= 4 is 40.5 Å². The number of nitrogens with zero attached hydrogens (tertiary/aromatic N) is 4. The lowest BCUT2D eigenvalue weighted by molar-refractivity contribution is -0.124. The van der Waals surface area contributed by atoms with Gasteiger partial charge in [-0.05, 0) is 49.2 Å². The van der Waals surface area contributed by atoms with E-state index >= 15 is 0 Å². The molecule has 6 nitrogen and oxygen atoms in total. The van der Waals surface area contributed by atoms with E-state index in [9.17, 15) is 9.59 Å². The number of benzene rings is 2. The third kappa shape index (κ3) is 4.19. The molecule has 0 bridgehead atoms. The molecule has 1 saturated heterocycles. The van der Waals surface area contributed by atoms with Gasteiger partial charge in [-0.3, -0.25) is 9.59 Å². The zero-order chi connectivity index (χ0) is 21.3. The summed E-state index contributed by atoms with van der Waals surface area (Å²) in [7, 11) is 0. The van der Waals surface area contributed by atoms with E-state index in [1.54, 1.807) is 0 Å². The first-order valence-electron chi connectivity index (χ1n) is 10.2. The smallest absolute Gasteiger partial charge is 0.270 e. The van der Waals surface area contributed by atoms with Gasteiger partial charge < -0.3 is 9.80 Å². The van der Waals surface area contributed by atoms with Crippen molar-refractivity contribution < 1.29 is 9.59 Å². The Bertz CT molecular complexity index is 1010. The van der Waals surface area contributed by atoms with Crippen LogP contribution in [0.25, 0.3) is 0 Å². The van der Waals surface area contributed by atoms with E-state index < -0.39 is 0 Å². The molecule has 0 atom stereocenters. The van der Waals surface area contributed by atoms with Gasteiger partial charge in [0.05, 0.1) is 5.69 Å². The predicted molar refractivity (Wildman–Crippen MR) is 120 cm³/mol. The minimum absolute atomic E-state index is 0.0778. The Morgan fingerprint density at radius 1 is 1.00 bits per heavy atom. The number of carbonyl (C=O) groups is 2. The molecule has 30 heavy (non-hydrogen) atoms. The average Bonchev–Trinajstić information content (AvgIpc) is 2.75. The summed E-state index contributed by atoms with van der Waals surface area (Å²) in [5.74, 6) is -0.158. The molecular formula is C23H25ClN4O2. The van der Waals surface area contributed by atoms with Crippen LogP contribution >= 0.6 is 11.6 Å². The second-order valence-electron chi connectivity index (χ2n) is 7.80. The van der Waals surface area contributed by atoms with Gasteiger partial charge in [-0.1, -0.05) is 29.8 Å². The number of hydrogen-bond acceptors (Lipinski definition) is 4. The van der Waals surface area contributed by atoms with E-state index in [-0.39, 0.29) is 11.8 Å². The van der Waals surface area contributed by atoms with Crippen LogP contribution in [0.5, 0.6) is 0 Å². The number of carbonyl (C=O) groups excluding carboxylic acids is 2. The number of hydrogen-bond donors (Lipinski definition) is 0. The molecule has 0 aromatic heterocycles. The molecule has 2 aliphatic rings. The quantitative estimate of drug-likeness (QED) is 0.753. The van der Waals surface area contributed by atoms with Crippen molar-refractivity contribution in [3.8, 4) is 0 Å². The van der Waals surface area contributed by atoms with Gasteiger partial charge >= 0.3 is 0 Å². The number of aryl methyl sites for hydroxylation is 2. The van der Waals surface area contributed by atoms with Crippen molar-refractivity contribution in [3.05, 3.63) is 58.6 Å². The Hall–Kier alpha value is -2.86. The highest BCUT2D eigenvalue weighted by Gasteiger charge is 2.30. The summed E-state index contributed by atoms with van der Waals surface area (Å²) in [4.78, 5) is 29.7. The fourth-order valence-electron chi connectivity index (χ4n) is 3.87. The normalized spacial score (nSPS) is 17.2. The molecule has 4 rings (SSSR count). The third-order valence-corrected chi connectivity index (χ3v) is 5.85. The fourth-order valence-corrected chi connectivity index (χ4v) is 4.05. The maximum atomic E-state index is 13.1. The summed E-state index contributed by atoms with van der Waals surface area (Å²) in [6.07, 6.45) is 0.675.